The Morgan fingerprint density at radius 1 is 1.07 bits per heavy atom. The zero-order valence-electron chi connectivity index (χ0n) is 16.3. The number of anilines is 1. The van der Waals surface area contributed by atoms with Gasteiger partial charge in [0.15, 0.2) is 0 Å². The summed E-state index contributed by atoms with van der Waals surface area (Å²) in [5.74, 6) is -1.24. The minimum absolute atomic E-state index is 0.161. The van der Waals surface area contributed by atoms with Gasteiger partial charge < -0.3 is 16.2 Å². The summed E-state index contributed by atoms with van der Waals surface area (Å²) in [6.07, 6.45) is 1.68. The van der Waals surface area contributed by atoms with Crippen molar-refractivity contribution in [1.82, 2.24) is 0 Å². The molecule has 4 N–H and O–H groups in total. The van der Waals surface area contributed by atoms with Gasteiger partial charge in [-0.3, -0.25) is 14.6 Å². The molecule has 0 saturated heterocycles. The van der Waals surface area contributed by atoms with Crippen molar-refractivity contribution in [2.24, 2.45) is 10.7 Å². The molecule has 6 nitrogen and oxygen atoms in total. The first-order valence-electron chi connectivity index (χ1n) is 9.62. The predicted molar refractivity (Wildman–Crippen MR) is 117 cm³/mol. The summed E-state index contributed by atoms with van der Waals surface area (Å²) in [5.41, 5.74) is 12.2. The summed E-state index contributed by atoms with van der Waals surface area (Å²) in [5, 5.41) is 12.0. The van der Waals surface area contributed by atoms with E-state index in [9.17, 15) is 9.59 Å². The molecule has 1 aliphatic rings. The van der Waals surface area contributed by atoms with Crippen LogP contribution in [0.25, 0.3) is 11.1 Å². The topological polar surface area (TPSA) is 105 Å². The van der Waals surface area contributed by atoms with Crippen molar-refractivity contribution in [3.63, 3.8) is 0 Å². The molecule has 0 fully saturated rings. The van der Waals surface area contributed by atoms with Gasteiger partial charge in [0.25, 0.3) is 5.91 Å². The molecule has 0 bridgehead atoms. The Morgan fingerprint density at radius 3 is 2.70 bits per heavy atom. The molecule has 0 aliphatic carbocycles. The Hall–Kier alpha value is -3.77. The van der Waals surface area contributed by atoms with E-state index in [4.69, 9.17) is 10.8 Å². The third-order valence-electron chi connectivity index (χ3n) is 5.09. The van der Waals surface area contributed by atoms with Gasteiger partial charge in [0.2, 0.25) is 0 Å². The molecule has 3 aromatic rings. The van der Waals surface area contributed by atoms with Crippen LogP contribution in [0.4, 0.5) is 5.69 Å². The fourth-order valence-corrected chi connectivity index (χ4v) is 3.62. The van der Waals surface area contributed by atoms with Crippen molar-refractivity contribution in [1.29, 1.82) is 0 Å². The number of hydrogen-bond acceptors (Lipinski definition) is 4. The molecule has 3 aromatic carbocycles. The maximum Gasteiger partial charge on any atom is 0.307 e. The van der Waals surface area contributed by atoms with Crippen LogP contribution >= 0.6 is 0 Å². The molecule has 0 atom stereocenters. The second-order valence-electron chi connectivity index (χ2n) is 7.15. The number of aliphatic carboxylic acids is 1. The maximum absolute atomic E-state index is 13.0. The minimum Gasteiger partial charge on any atom is -0.481 e. The van der Waals surface area contributed by atoms with Gasteiger partial charge in [-0.1, -0.05) is 36.4 Å². The summed E-state index contributed by atoms with van der Waals surface area (Å²) >= 11 is 0. The molecule has 0 radical (unpaired) electrons. The lowest BCUT2D eigenvalue weighted by Crippen LogP contribution is -2.15. The number of carbonyl (C=O) groups is 2. The van der Waals surface area contributed by atoms with Crippen LogP contribution in [0.1, 0.15) is 32.6 Å². The van der Waals surface area contributed by atoms with Crippen molar-refractivity contribution < 1.29 is 14.7 Å². The van der Waals surface area contributed by atoms with Gasteiger partial charge >= 0.3 is 5.97 Å². The average Bonchev–Trinajstić information content (AvgIpc) is 3.23. The van der Waals surface area contributed by atoms with Crippen LogP contribution in [0.3, 0.4) is 0 Å². The molecule has 0 unspecified atom stereocenters. The van der Waals surface area contributed by atoms with Gasteiger partial charge in [-0.05, 0) is 52.1 Å². The Balaban J connectivity index is 1.71. The quantitative estimate of drug-likeness (QED) is 0.589. The number of fused-ring (bicyclic) bond motifs is 1. The molecular formula is C24H21N3O3. The van der Waals surface area contributed by atoms with Crippen LogP contribution in [0.5, 0.6) is 0 Å². The van der Waals surface area contributed by atoms with Crippen LogP contribution in [0, 0.1) is 0 Å². The van der Waals surface area contributed by atoms with Crippen LogP contribution in [-0.2, 0) is 24.3 Å². The van der Waals surface area contributed by atoms with E-state index < -0.39 is 5.97 Å². The number of benzene rings is 3. The maximum atomic E-state index is 13.0. The summed E-state index contributed by atoms with van der Waals surface area (Å²) < 4.78 is 0. The molecule has 1 aliphatic heterocycles. The van der Waals surface area contributed by atoms with E-state index in [0.717, 1.165) is 27.8 Å². The van der Waals surface area contributed by atoms with E-state index in [-0.39, 0.29) is 12.3 Å². The van der Waals surface area contributed by atoms with Crippen LogP contribution in [0.2, 0.25) is 0 Å². The molecule has 30 heavy (non-hydrogen) atoms. The summed E-state index contributed by atoms with van der Waals surface area (Å²) in [6.45, 7) is 0.959. The average molecular weight is 399 g/mol. The fraction of sp³-hybridized carbons (Fsp3) is 0.125. The Labute approximate surface area is 174 Å². The predicted octanol–water partition coefficient (Wildman–Crippen LogP) is 3.62. The van der Waals surface area contributed by atoms with E-state index in [1.165, 1.54) is 0 Å². The summed E-state index contributed by atoms with van der Waals surface area (Å²) in [6, 6.07) is 18.5. The fourth-order valence-electron chi connectivity index (χ4n) is 3.62. The van der Waals surface area contributed by atoms with E-state index in [1.54, 1.807) is 24.3 Å². The molecule has 0 spiro atoms. The number of carboxylic acids is 1. The van der Waals surface area contributed by atoms with Gasteiger partial charge in [0.1, 0.15) is 0 Å². The van der Waals surface area contributed by atoms with Gasteiger partial charge in [-0.2, -0.15) is 0 Å². The van der Waals surface area contributed by atoms with Gasteiger partial charge in [0.05, 0.1) is 13.0 Å². The smallest absolute Gasteiger partial charge is 0.307 e. The summed E-state index contributed by atoms with van der Waals surface area (Å²) in [7, 11) is 0. The zero-order chi connectivity index (χ0) is 21.1. The number of nitrogens with zero attached hydrogens (tertiary/aromatic N) is 1. The molecule has 0 aromatic heterocycles. The van der Waals surface area contributed by atoms with Gasteiger partial charge in [0, 0.05) is 29.6 Å². The molecular weight excluding hydrogens is 378 g/mol. The second kappa shape index (κ2) is 8.31. The van der Waals surface area contributed by atoms with Gasteiger partial charge in [-0.15, -0.1) is 0 Å². The molecule has 0 saturated carbocycles. The first-order chi connectivity index (χ1) is 14.5. The summed E-state index contributed by atoms with van der Waals surface area (Å²) in [4.78, 5) is 28.5. The number of nitrogens with two attached hydrogens (primary N) is 1. The Bertz CT molecular complexity index is 1170. The van der Waals surface area contributed by atoms with E-state index in [2.05, 4.69) is 10.3 Å². The van der Waals surface area contributed by atoms with Crippen molar-refractivity contribution in [3.05, 3.63) is 88.5 Å². The number of carbonyl (C=O) groups excluding carboxylic acids is 1. The highest BCUT2D eigenvalue weighted by atomic mass is 16.4. The third-order valence-corrected chi connectivity index (χ3v) is 5.09. The monoisotopic (exact) mass is 399 g/mol. The molecule has 1 heterocycles. The number of nitrogens with one attached hydrogen (secondary N) is 1. The number of rotatable bonds is 6. The SMILES string of the molecule is NCc1cccc(-c2cc(C(=O)Nc3ccccc3CC(=O)O)cc3c2C=NC3)c1. The van der Waals surface area contributed by atoms with Crippen LogP contribution < -0.4 is 11.1 Å². The molecule has 1 amide bonds. The lowest BCUT2D eigenvalue weighted by Gasteiger charge is -2.14. The number of hydrogen-bond donors (Lipinski definition) is 3. The largest absolute Gasteiger partial charge is 0.481 e. The molecule has 4 rings (SSSR count). The van der Waals surface area contributed by atoms with E-state index in [1.807, 2.05) is 42.6 Å². The van der Waals surface area contributed by atoms with E-state index in [0.29, 0.717) is 29.9 Å². The van der Waals surface area contributed by atoms with E-state index >= 15 is 0 Å². The normalized spacial score (nSPS) is 11.9. The lowest BCUT2D eigenvalue weighted by molar-refractivity contribution is -0.136. The highest BCUT2D eigenvalue weighted by molar-refractivity contribution is 6.07. The highest BCUT2D eigenvalue weighted by Crippen LogP contribution is 2.31. The standard InChI is InChI=1S/C24H21N3O3/c25-12-15-4-3-6-16(8-15)20-10-18(9-19-13-26-14-21(19)20)24(30)27-22-7-2-1-5-17(22)11-23(28)29/h1-10,14H,11-13,25H2,(H,27,30)(H,28,29). The van der Waals surface area contributed by atoms with Crippen molar-refractivity contribution in [3.8, 4) is 11.1 Å². The molecule has 6 heteroatoms. The van der Waals surface area contributed by atoms with Crippen molar-refractivity contribution >= 4 is 23.8 Å². The molecule has 150 valence electrons. The zero-order valence-corrected chi connectivity index (χ0v) is 16.3. The van der Waals surface area contributed by atoms with Crippen LogP contribution in [-0.4, -0.2) is 23.2 Å². The number of carboxylic acid groups (broad SMARTS) is 1. The van der Waals surface area contributed by atoms with Crippen molar-refractivity contribution in [2.45, 2.75) is 19.5 Å². The Kier molecular flexibility index (Phi) is 5.41. The minimum atomic E-state index is -0.951. The Morgan fingerprint density at radius 2 is 1.90 bits per heavy atom. The first kappa shape index (κ1) is 19.5. The number of para-hydroxylation sites is 1. The van der Waals surface area contributed by atoms with Gasteiger partial charge in [-0.25, -0.2) is 0 Å². The third kappa shape index (κ3) is 3.99. The number of amides is 1. The van der Waals surface area contributed by atoms with Crippen molar-refractivity contribution in [2.75, 3.05) is 5.32 Å². The second-order valence-corrected chi connectivity index (χ2v) is 7.15. The highest BCUT2D eigenvalue weighted by Gasteiger charge is 2.18. The number of aliphatic imine (C=N–C) groups is 1. The van der Waals surface area contributed by atoms with Crippen LogP contribution in [0.15, 0.2) is 65.7 Å². The first-order valence-corrected chi connectivity index (χ1v) is 9.62. The lowest BCUT2D eigenvalue weighted by atomic mass is 9.93.